The summed E-state index contributed by atoms with van der Waals surface area (Å²) in [6, 6.07) is 2.73. The summed E-state index contributed by atoms with van der Waals surface area (Å²) in [5.74, 6) is -0.791. The standard InChI is InChI=1S/C13H13BrF2N2O/c1-8(2)18-6-9(5-17-18)19-7-10-12(15)4-3-11(14)13(10)16/h3-6,8H,7H2,1-2H3. The van der Waals surface area contributed by atoms with Gasteiger partial charge in [0.05, 0.1) is 22.4 Å². The van der Waals surface area contributed by atoms with Crippen molar-refractivity contribution >= 4 is 15.9 Å². The lowest BCUT2D eigenvalue weighted by Gasteiger charge is -2.07. The van der Waals surface area contributed by atoms with Gasteiger partial charge in [0.2, 0.25) is 0 Å². The summed E-state index contributed by atoms with van der Waals surface area (Å²) in [4.78, 5) is 0. The van der Waals surface area contributed by atoms with Crippen molar-refractivity contribution in [1.29, 1.82) is 0 Å². The third-order valence-electron chi connectivity index (χ3n) is 2.63. The van der Waals surface area contributed by atoms with Gasteiger partial charge >= 0.3 is 0 Å². The van der Waals surface area contributed by atoms with Crippen LogP contribution in [0.25, 0.3) is 0 Å². The zero-order chi connectivity index (χ0) is 14.0. The van der Waals surface area contributed by atoms with Gasteiger partial charge in [-0.2, -0.15) is 5.10 Å². The summed E-state index contributed by atoms with van der Waals surface area (Å²) in [7, 11) is 0. The first kappa shape index (κ1) is 14.0. The van der Waals surface area contributed by atoms with E-state index in [1.165, 1.54) is 18.3 Å². The van der Waals surface area contributed by atoms with Gasteiger partial charge in [0.25, 0.3) is 0 Å². The molecule has 1 heterocycles. The van der Waals surface area contributed by atoms with Crippen LogP contribution in [0.15, 0.2) is 29.0 Å². The van der Waals surface area contributed by atoms with Crippen molar-refractivity contribution in [2.45, 2.75) is 26.5 Å². The zero-order valence-electron chi connectivity index (χ0n) is 10.5. The van der Waals surface area contributed by atoms with E-state index in [0.717, 1.165) is 0 Å². The van der Waals surface area contributed by atoms with Crippen LogP contribution in [0, 0.1) is 11.6 Å². The van der Waals surface area contributed by atoms with Crippen LogP contribution in [-0.2, 0) is 6.61 Å². The lowest BCUT2D eigenvalue weighted by Crippen LogP contribution is -2.02. The third kappa shape index (κ3) is 3.12. The monoisotopic (exact) mass is 330 g/mol. The molecule has 2 aromatic rings. The normalized spacial score (nSPS) is 11.1. The van der Waals surface area contributed by atoms with E-state index >= 15 is 0 Å². The summed E-state index contributed by atoms with van der Waals surface area (Å²) in [6.45, 7) is 3.77. The summed E-state index contributed by atoms with van der Waals surface area (Å²) in [5.41, 5.74) is -0.105. The Morgan fingerprint density at radius 1 is 1.37 bits per heavy atom. The Bertz CT molecular complexity index is 584. The highest BCUT2D eigenvalue weighted by atomic mass is 79.9. The maximum atomic E-state index is 13.7. The molecule has 1 aromatic carbocycles. The number of nitrogens with zero attached hydrogens (tertiary/aromatic N) is 2. The highest BCUT2D eigenvalue weighted by Crippen LogP contribution is 2.23. The Labute approximate surface area is 118 Å². The first-order valence-corrected chi connectivity index (χ1v) is 6.57. The fourth-order valence-electron chi connectivity index (χ4n) is 1.53. The van der Waals surface area contributed by atoms with Crippen LogP contribution in [0.3, 0.4) is 0 Å². The first-order chi connectivity index (χ1) is 8.99. The number of rotatable bonds is 4. The number of hydrogen-bond donors (Lipinski definition) is 0. The van der Waals surface area contributed by atoms with Gasteiger partial charge in [0.1, 0.15) is 18.2 Å². The van der Waals surface area contributed by atoms with Crippen molar-refractivity contribution < 1.29 is 13.5 Å². The SMILES string of the molecule is CC(C)n1cc(OCc2c(F)ccc(Br)c2F)cn1. The van der Waals surface area contributed by atoms with Crippen molar-refractivity contribution in [1.82, 2.24) is 9.78 Å². The molecule has 0 unspecified atom stereocenters. The van der Waals surface area contributed by atoms with Crippen molar-refractivity contribution in [3.05, 3.63) is 46.2 Å². The average molecular weight is 331 g/mol. The molecule has 3 nitrogen and oxygen atoms in total. The van der Waals surface area contributed by atoms with E-state index in [9.17, 15) is 8.78 Å². The second-order valence-corrected chi connectivity index (χ2v) is 5.21. The van der Waals surface area contributed by atoms with E-state index in [1.54, 1.807) is 10.9 Å². The molecule has 0 aliphatic rings. The molecule has 0 amide bonds. The topological polar surface area (TPSA) is 27.1 Å². The highest BCUT2D eigenvalue weighted by Gasteiger charge is 2.13. The Morgan fingerprint density at radius 3 is 2.74 bits per heavy atom. The van der Waals surface area contributed by atoms with Crippen molar-refractivity contribution in [3.63, 3.8) is 0 Å². The molecule has 0 saturated heterocycles. The van der Waals surface area contributed by atoms with E-state index in [2.05, 4.69) is 21.0 Å². The minimum atomic E-state index is -0.642. The van der Waals surface area contributed by atoms with E-state index in [4.69, 9.17) is 4.74 Å². The molecule has 0 N–H and O–H groups in total. The molecule has 0 atom stereocenters. The minimum absolute atomic E-state index is 0.105. The van der Waals surface area contributed by atoms with E-state index in [1.807, 2.05) is 13.8 Å². The maximum absolute atomic E-state index is 13.7. The Kier molecular flexibility index (Phi) is 4.19. The molecule has 102 valence electrons. The third-order valence-corrected chi connectivity index (χ3v) is 3.24. The first-order valence-electron chi connectivity index (χ1n) is 5.78. The molecule has 0 bridgehead atoms. The Hall–Kier alpha value is -1.43. The lowest BCUT2D eigenvalue weighted by molar-refractivity contribution is 0.291. The van der Waals surface area contributed by atoms with E-state index in [-0.39, 0.29) is 22.7 Å². The van der Waals surface area contributed by atoms with Gasteiger partial charge < -0.3 is 4.74 Å². The molecule has 2 rings (SSSR count). The second-order valence-electron chi connectivity index (χ2n) is 4.36. The van der Waals surface area contributed by atoms with Crippen LogP contribution in [0.5, 0.6) is 5.75 Å². The predicted octanol–water partition coefficient (Wildman–Crippen LogP) is 4.08. The quantitative estimate of drug-likeness (QED) is 0.789. The molecule has 0 radical (unpaired) electrons. The number of halogens is 3. The number of benzene rings is 1. The van der Waals surface area contributed by atoms with Crippen LogP contribution in [0.1, 0.15) is 25.5 Å². The van der Waals surface area contributed by atoms with Crippen LogP contribution >= 0.6 is 15.9 Å². The summed E-state index contributed by atoms with van der Waals surface area (Å²) < 4.78 is 34.5. The molecule has 0 spiro atoms. The smallest absolute Gasteiger partial charge is 0.157 e. The fraction of sp³-hybridized carbons (Fsp3) is 0.308. The minimum Gasteiger partial charge on any atom is -0.485 e. The average Bonchev–Trinajstić information content (AvgIpc) is 2.83. The molecule has 0 fully saturated rings. The van der Waals surface area contributed by atoms with E-state index < -0.39 is 11.6 Å². The molecule has 6 heteroatoms. The zero-order valence-corrected chi connectivity index (χ0v) is 12.1. The van der Waals surface area contributed by atoms with Gasteiger partial charge in [-0.1, -0.05) is 0 Å². The van der Waals surface area contributed by atoms with Crippen LogP contribution in [0.4, 0.5) is 8.78 Å². The number of ether oxygens (including phenoxy) is 1. The largest absolute Gasteiger partial charge is 0.485 e. The molecule has 19 heavy (non-hydrogen) atoms. The van der Waals surface area contributed by atoms with Crippen molar-refractivity contribution in [3.8, 4) is 5.75 Å². The van der Waals surface area contributed by atoms with E-state index in [0.29, 0.717) is 5.75 Å². The van der Waals surface area contributed by atoms with Gasteiger partial charge in [0, 0.05) is 6.04 Å². The highest BCUT2D eigenvalue weighted by molar-refractivity contribution is 9.10. The summed E-state index contributed by atoms with van der Waals surface area (Å²) in [6.07, 6.45) is 3.21. The molecular formula is C13H13BrF2N2O. The van der Waals surface area contributed by atoms with Crippen LogP contribution in [0.2, 0.25) is 0 Å². The molecular weight excluding hydrogens is 318 g/mol. The van der Waals surface area contributed by atoms with Crippen LogP contribution in [-0.4, -0.2) is 9.78 Å². The number of aromatic nitrogens is 2. The van der Waals surface area contributed by atoms with Gasteiger partial charge in [-0.05, 0) is 41.9 Å². The van der Waals surface area contributed by atoms with Gasteiger partial charge in [-0.25, -0.2) is 8.78 Å². The fourth-order valence-corrected chi connectivity index (χ4v) is 1.91. The summed E-state index contributed by atoms with van der Waals surface area (Å²) >= 11 is 3.02. The van der Waals surface area contributed by atoms with Gasteiger partial charge in [-0.15, -0.1) is 0 Å². The van der Waals surface area contributed by atoms with Gasteiger partial charge in [-0.3, -0.25) is 4.68 Å². The van der Waals surface area contributed by atoms with Gasteiger partial charge in [0.15, 0.2) is 5.75 Å². The maximum Gasteiger partial charge on any atom is 0.157 e. The number of hydrogen-bond acceptors (Lipinski definition) is 2. The second kappa shape index (κ2) is 5.69. The lowest BCUT2D eigenvalue weighted by atomic mass is 10.2. The Morgan fingerprint density at radius 2 is 2.11 bits per heavy atom. The van der Waals surface area contributed by atoms with Crippen molar-refractivity contribution in [2.24, 2.45) is 0 Å². The molecule has 0 aliphatic carbocycles. The predicted molar refractivity (Wildman–Crippen MR) is 71.0 cm³/mol. The summed E-state index contributed by atoms with van der Waals surface area (Å²) in [5, 5.41) is 4.09. The van der Waals surface area contributed by atoms with Crippen molar-refractivity contribution in [2.75, 3.05) is 0 Å². The van der Waals surface area contributed by atoms with Crippen LogP contribution < -0.4 is 4.74 Å². The Balaban J connectivity index is 2.12. The molecule has 1 aromatic heterocycles. The molecule has 0 saturated carbocycles. The molecule has 0 aliphatic heterocycles.